The molecule has 3 saturated heterocycles. The maximum atomic E-state index is 12.7. The maximum absolute atomic E-state index is 12.7. The number of fused-ring (bicyclic) bond motifs is 1. The molecule has 6 aromatic rings. The molecule has 2 aromatic carbocycles. The van der Waals surface area contributed by atoms with E-state index >= 15 is 0 Å². The number of carbonyl (C=O) groups excluding carboxylic acids is 3. The number of carbonyl (C=O) groups is 3. The van der Waals surface area contributed by atoms with Gasteiger partial charge in [0.15, 0.2) is 11.5 Å². The van der Waals surface area contributed by atoms with E-state index in [0.717, 1.165) is 115 Å². The van der Waals surface area contributed by atoms with Crippen molar-refractivity contribution in [1.29, 1.82) is 0 Å². The number of aryl methyl sites for hydroxylation is 2. The molecule has 0 bridgehead atoms. The number of imide groups is 1. The maximum Gasteiger partial charge on any atom is 0.328 e. The molecule has 16 heteroatoms. The summed E-state index contributed by atoms with van der Waals surface area (Å²) in [7, 11) is 0. The first kappa shape index (κ1) is 41.7. The Morgan fingerprint density at radius 1 is 0.841 bits per heavy atom. The van der Waals surface area contributed by atoms with Crippen LogP contribution in [0.5, 0.6) is 0 Å². The van der Waals surface area contributed by atoms with E-state index in [9.17, 15) is 14.4 Å². The summed E-state index contributed by atoms with van der Waals surface area (Å²) in [5.41, 5.74) is 10.1. The molecule has 0 spiro atoms. The highest BCUT2D eigenvalue weighted by Crippen LogP contribution is 2.32. The standard InChI is InChI=1S/C47H54N12O4/c1-29-22-32(6-7-33(29)25-50-43(61)44-52-45(55-63-44)47(3,4)5)41-37-24-34(26-49-42(37)54-53-41)38-10-8-36(27-48-38)58-20-18-56(19-21-58)28-31-12-15-57(16-13-31)35-9-11-39(30(2)23-35)59-17-14-40(60)51-46(59)62/h6-11,22-24,26-27,31H,12-21,25,28H2,1-5H3,(H,50,61)(H,49,53,54)(H,51,60,62). The molecule has 4 amide bonds. The molecule has 3 aliphatic rings. The Labute approximate surface area is 366 Å². The first-order valence-corrected chi connectivity index (χ1v) is 21.8. The van der Waals surface area contributed by atoms with Crippen LogP contribution in [0.15, 0.2) is 71.5 Å². The van der Waals surface area contributed by atoms with Gasteiger partial charge in [0.25, 0.3) is 0 Å². The predicted molar refractivity (Wildman–Crippen MR) is 242 cm³/mol. The third kappa shape index (κ3) is 8.98. The quantitative estimate of drug-likeness (QED) is 0.138. The van der Waals surface area contributed by atoms with E-state index in [1.54, 1.807) is 4.90 Å². The van der Waals surface area contributed by atoms with Crippen molar-refractivity contribution < 1.29 is 18.9 Å². The number of urea groups is 1. The fourth-order valence-electron chi connectivity index (χ4n) is 8.79. The van der Waals surface area contributed by atoms with Gasteiger partial charge < -0.3 is 19.6 Å². The topological polar surface area (TPSA) is 182 Å². The minimum Gasteiger partial charge on any atom is -0.372 e. The molecule has 0 atom stereocenters. The van der Waals surface area contributed by atoms with Crippen molar-refractivity contribution in [2.75, 3.05) is 67.1 Å². The van der Waals surface area contributed by atoms with Crippen molar-refractivity contribution in [1.82, 2.24) is 45.8 Å². The largest absolute Gasteiger partial charge is 0.372 e. The molecule has 3 aliphatic heterocycles. The van der Waals surface area contributed by atoms with Crippen molar-refractivity contribution in [2.45, 2.75) is 65.8 Å². The zero-order valence-electron chi connectivity index (χ0n) is 36.6. The second kappa shape index (κ2) is 17.2. The lowest BCUT2D eigenvalue weighted by Crippen LogP contribution is -2.49. The predicted octanol–water partition coefficient (Wildman–Crippen LogP) is 6.40. The molecular weight excluding hydrogens is 797 g/mol. The number of H-pyrrole nitrogens is 1. The number of piperidine rings is 1. The molecule has 3 fully saturated rings. The van der Waals surface area contributed by atoms with Crippen LogP contribution in [0, 0.1) is 19.8 Å². The highest BCUT2D eigenvalue weighted by atomic mass is 16.5. The van der Waals surface area contributed by atoms with Gasteiger partial charge in [-0.25, -0.2) is 9.78 Å². The lowest BCUT2D eigenvalue weighted by molar-refractivity contribution is -0.120. The number of pyridine rings is 2. The number of aromatic amines is 1. The molecular formula is C47H54N12O4. The Hall–Kier alpha value is -6.68. The SMILES string of the molecule is Cc1cc(-c2[nH]nc3ncc(-c4ccc(N5CCN(CC6CCN(c7ccc(N8CCC(=O)NC8=O)c(C)c7)CC6)CC5)cn4)cc23)ccc1CNC(=O)c1nc(C(C)(C)C)no1. The van der Waals surface area contributed by atoms with Gasteiger partial charge >= 0.3 is 17.8 Å². The fraction of sp³-hybridized carbons (Fsp3) is 0.404. The molecule has 9 rings (SSSR count). The molecule has 7 heterocycles. The van der Waals surface area contributed by atoms with E-state index in [2.05, 4.69) is 87.1 Å². The van der Waals surface area contributed by atoms with Gasteiger partial charge in [0, 0.05) is 105 Å². The zero-order chi connectivity index (χ0) is 43.8. The molecule has 16 nitrogen and oxygen atoms in total. The number of benzene rings is 2. The third-order valence-electron chi connectivity index (χ3n) is 12.6. The minimum atomic E-state index is -0.409. The Morgan fingerprint density at radius 3 is 2.32 bits per heavy atom. The number of hydrogen-bond donors (Lipinski definition) is 3. The number of hydrogen-bond acceptors (Lipinski definition) is 12. The van der Waals surface area contributed by atoms with Gasteiger partial charge in [0.05, 0.1) is 23.3 Å². The van der Waals surface area contributed by atoms with Crippen LogP contribution in [0.4, 0.5) is 21.9 Å². The second-order valence-corrected chi connectivity index (χ2v) is 18.0. The molecule has 63 heavy (non-hydrogen) atoms. The molecule has 0 unspecified atom stereocenters. The minimum absolute atomic E-state index is 0.0470. The number of anilines is 3. The van der Waals surface area contributed by atoms with Crippen molar-refractivity contribution in [2.24, 2.45) is 5.92 Å². The van der Waals surface area contributed by atoms with Crippen molar-refractivity contribution in [3.8, 4) is 22.5 Å². The summed E-state index contributed by atoms with van der Waals surface area (Å²) in [6, 6.07) is 18.4. The van der Waals surface area contributed by atoms with Crippen LogP contribution in [0.25, 0.3) is 33.5 Å². The molecule has 0 saturated carbocycles. The molecule has 3 N–H and O–H groups in total. The number of aromatic nitrogens is 6. The van der Waals surface area contributed by atoms with E-state index in [1.807, 2.05) is 65.2 Å². The average molecular weight is 851 g/mol. The van der Waals surface area contributed by atoms with Crippen LogP contribution in [-0.2, 0) is 16.8 Å². The number of nitrogens with zero attached hydrogens (tertiary/aromatic N) is 9. The number of nitrogens with one attached hydrogen (secondary N) is 3. The smallest absolute Gasteiger partial charge is 0.328 e. The molecule has 4 aromatic heterocycles. The van der Waals surface area contributed by atoms with Crippen LogP contribution < -0.4 is 25.3 Å². The summed E-state index contributed by atoms with van der Waals surface area (Å²) < 4.78 is 5.20. The van der Waals surface area contributed by atoms with Crippen LogP contribution in [0.3, 0.4) is 0 Å². The molecule has 0 aliphatic carbocycles. The van der Waals surface area contributed by atoms with Crippen molar-refractivity contribution in [3.05, 3.63) is 95.4 Å². The second-order valence-electron chi connectivity index (χ2n) is 18.0. The first-order chi connectivity index (χ1) is 30.4. The monoisotopic (exact) mass is 850 g/mol. The highest BCUT2D eigenvalue weighted by Gasteiger charge is 2.28. The summed E-state index contributed by atoms with van der Waals surface area (Å²) in [6.07, 6.45) is 6.42. The Bertz CT molecular complexity index is 2650. The van der Waals surface area contributed by atoms with E-state index in [0.29, 0.717) is 36.9 Å². The van der Waals surface area contributed by atoms with Crippen LogP contribution in [-0.4, -0.2) is 105 Å². The fourth-order valence-corrected chi connectivity index (χ4v) is 8.79. The van der Waals surface area contributed by atoms with Gasteiger partial charge in [-0.05, 0) is 91.8 Å². The van der Waals surface area contributed by atoms with Gasteiger partial charge in [0.2, 0.25) is 5.91 Å². The first-order valence-electron chi connectivity index (χ1n) is 21.8. The Kier molecular flexibility index (Phi) is 11.4. The van der Waals surface area contributed by atoms with E-state index in [1.165, 1.54) is 5.69 Å². The Balaban J connectivity index is 0.762. The van der Waals surface area contributed by atoms with E-state index < -0.39 is 5.91 Å². The lowest BCUT2D eigenvalue weighted by Gasteiger charge is -2.40. The summed E-state index contributed by atoms with van der Waals surface area (Å²) in [6.45, 7) is 17.8. The summed E-state index contributed by atoms with van der Waals surface area (Å²) in [5, 5.41) is 17.8. The van der Waals surface area contributed by atoms with Crippen molar-refractivity contribution in [3.63, 3.8) is 0 Å². The lowest BCUT2D eigenvalue weighted by atomic mass is 9.95. The number of rotatable bonds is 10. The van der Waals surface area contributed by atoms with Crippen molar-refractivity contribution >= 4 is 45.9 Å². The molecule has 0 radical (unpaired) electrons. The van der Waals surface area contributed by atoms with Gasteiger partial charge in [-0.3, -0.25) is 34.8 Å². The zero-order valence-corrected chi connectivity index (χ0v) is 36.6. The summed E-state index contributed by atoms with van der Waals surface area (Å²) in [4.78, 5) is 59.7. The summed E-state index contributed by atoms with van der Waals surface area (Å²) >= 11 is 0. The van der Waals surface area contributed by atoms with E-state index in [-0.39, 0.29) is 23.2 Å². The van der Waals surface area contributed by atoms with Gasteiger partial charge in [-0.1, -0.05) is 38.1 Å². The summed E-state index contributed by atoms with van der Waals surface area (Å²) in [5.74, 6) is 0.480. The average Bonchev–Trinajstić information content (AvgIpc) is 3.96. The van der Waals surface area contributed by atoms with Gasteiger partial charge in [0.1, 0.15) is 0 Å². The highest BCUT2D eigenvalue weighted by molar-refractivity contribution is 6.06. The van der Waals surface area contributed by atoms with Gasteiger partial charge in [-0.2, -0.15) is 10.1 Å². The van der Waals surface area contributed by atoms with E-state index in [4.69, 9.17) is 9.51 Å². The number of piperazine rings is 1. The van der Waals surface area contributed by atoms with Crippen LogP contribution in [0.1, 0.15) is 73.2 Å². The number of amides is 4. The molecule has 326 valence electrons. The van der Waals surface area contributed by atoms with Gasteiger partial charge in [-0.15, -0.1) is 0 Å². The normalized spacial score (nSPS) is 16.8. The van der Waals surface area contributed by atoms with Crippen LogP contribution >= 0.6 is 0 Å². The Morgan fingerprint density at radius 2 is 1.62 bits per heavy atom. The van der Waals surface area contributed by atoms with Crippen LogP contribution in [0.2, 0.25) is 0 Å². The third-order valence-corrected chi connectivity index (χ3v) is 12.6.